The van der Waals surface area contributed by atoms with Gasteiger partial charge in [0.25, 0.3) is 11.8 Å². The first-order valence-electron chi connectivity index (χ1n) is 12.4. The van der Waals surface area contributed by atoms with Crippen LogP contribution in [0.4, 0.5) is 5.69 Å². The summed E-state index contributed by atoms with van der Waals surface area (Å²) >= 11 is 0. The molecule has 4 rings (SSSR count). The summed E-state index contributed by atoms with van der Waals surface area (Å²) in [5.74, 6) is -0.146. The molecule has 36 heavy (non-hydrogen) atoms. The fourth-order valence-corrected chi connectivity index (χ4v) is 4.73. The van der Waals surface area contributed by atoms with Crippen molar-refractivity contribution in [1.29, 1.82) is 0 Å². The Morgan fingerprint density at radius 2 is 1.81 bits per heavy atom. The van der Waals surface area contributed by atoms with Crippen molar-refractivity contribution in [3.05, 3.63) is 77.1 Å². The fourth-order valence-electron chi connectivity index (χ4n) is 4.73. The van der Waals surface area contributed by atoms with Crippen LogP contribution in [0.2, 0.25) is 0 Å². The Balaban J connectivity index is 1.69. The molecule has 3 amide bonds. The van der Waals surface area contributed by atoms with Crippen molar-refractivity contribution in [3.63, 3.8) is 0 Å². The Bertz CT molecular complexity index is 1210. The van der Waals surface area contributed by atoms with Crippen LogP contribution in [-0.2, 0) is 9.59 Å². The first kappa shape index (κ1) is 25.3. The summed E-state index contributed by atoms with van der Waals surface area (Å²) in [6.07, 6.45) is 6.50. The van der Waals surface area contributed by atoms with Crippen molar-refractivity contribution in [3.8, 4) is 0 Å². The van der Waals surface area contributed by atoms with Crippen molar-refractivity contribution in [2.24, 2.45) is 0 Å². The molecule has 1 saturated carbocycles. The number of amides is 3. The number of carbonyl (C=O) groups excluding carboxylic acids is 3. The number of rotatable bonds is 8. The standard InChI is InChI=1S/C28H33N3O5/c1-18-11-13-22(19(2)16-18)31(25(32)17-29-27(33)24-10-7-15-35-24)26(23-14-12-20(3)36-23)28(34)30-21-8-5-4-6-9-21/h7,10-16,21,26H,4-6,8-9,17H2,1-3H3,(H,29,33)(H,30,34)/t26-/m0/s1. The number of hydrogen-bond acceptors (Lipinski definition) is 5. The third kappa shape index (κ3) is 5.87. The average Bonchev–Trinajstić information content (AvgIpc) is 3.54. The van der Waals surface area contributed by atoms with Crippen LogP contribution in [-0.4, -0.2) is 30.3 Å². The third-order valence-corrected chi connectivity index (χ3v) is 6.51. The van der Waals surface area contributed by atoms with Crippen LogP contribution >= 0.6 is 0 Å². The topological polar surface area (TPSA) is 105 Å². The lowest BCUT2D eigenvalue weighted by atomic mass is 9.95. The van der Waals surface area contributed by atoms with Gasteiger partial charge in [-0.3, -0.25) is 19.3 Å². The van der Waals surface area contributed by atoms with Crippen molar-refractivity contribution >= 4 is 23.4 Å². The molecule has 2 heterocycles. The first-order chi connectivity index (χ1) is 17.3. The maximum atomic E-state index is 13.8. The zero-order valence-electron chi connectivity index (χ0n) is 21.0. The van der Waals surface area contributed by atoms with E-state index in [-0.39, 0.29) is 24.3 Å². The van der Waals surface area contributed by atoms with E-state index in [1.807, 2.05) is 32.0 Å². The van der Waals surface area contributed by atoms with E-state index in [9.17, 15) is 14.4 Å². The SMILES string of the molecule is Cc1ccc(N(C(=O)CNC(=O)c2ccco2)[C@H](C(=O)NC2CCCCC2)c2ccc(C)o2)c(C)c1. The fraction of sp³-hybridized carbons (Fsp3) is 0.393. The van der Waals surface area contributed by atoms with Crippen LogP contribution in [0.5, 0.6) is 0 Å². The first-order valence-corrected chi connectivity index (χ1v) is 12.4. The Labute approximate surface area is 211 Å². The molecule has 8 nitrogen and oxygen atoms in total. The van der Waals surface area contributed by atoms with Gasteiger partial charge in [0.05, 0.1) is 12.8 Å². The maximum absolute atomic E-state index is 13.8. The van der Waals surface area contributed by atoms with Crippen molar-refractivity contribution in [2.75, 3.05) is 11.4 Å². The summed E-state index contributed by atoms with van der Waals surface area (Å²) in [7, 11) is 0. The van der Waals surface area contributed by atoms with Crippen LogP contribution in [0, 0.1) is 20.8 Å². The molecule has 1 atom stereocenters. The number of nitrogens with zero attached hydrogens (tertiary/aromatic N) is 1. The molecule has 1 aromatic carbocycles. The number of nitrogens with one attached hydrogen (secondary N) is 2. The number of carbonyl (C=O) groups is 3. The van der Waals surface area contributed by atoms with Crippen LogP contribution in [0.15, 0.2) is 57.6 Å². The summed E-state index contributed by atoms with van der Waals surface area (Å²) in [6, 6.07) is 11.3. The van der Waals surface area contributed by atoms with Crippen molar-refractivity contribution in [2.45, 2.75) is 65.0 Å². The molecule has 0 spiro atoms. The molecule has 0 saturated heterocycles. The highest BCUT2D eigenvalue weighted by molar-refractivity contribution is 6.04. The van der Waals surface area contributed by atoms with E-state index in [2.05, 4.69) is 10.6 Å². The maximum Gasteiger partial charge on any atom is 0.287 e. The smallest absolute Gasteiger partial charge is 0.287 e. The molecule has 0 radical (unpaired) electrons. The summed E-state index contributed by atoms with van der Waals surface area (Å²) in [6.45, 7) is 5.34. The van der Waals surface area contributed by atoms with E-state index in [0.717, 1.165) is 43.2 Å². The van der Waals surface area contributed by atoms with Gasteiger partial charge >= 0.3 is 0 Å². The monoisotopic (exact) mass is 491 g/mol. The van der Waals surface area contributed by atoms with Crippen LogP contribution in [0.3, 0.4) is 0 Å². The highest BCUT2D eigenvalue weighted by atomic mass is 16.3. The van der Waals surface area contributed by atoms with Crippen molar-refractivity contribution in [1.82, 2.24) is 10.6 Å². The Morgan fingerprint density at radius 1 is 1.03 bits per heavy atom. The largest absolute Gasteiger partial charge is 0.464 e. The highest BCUT2D eigenvalue weighted by Gasteiger charge is 2.37. The lowest BCUT2D eigenvalue weighted by molar-refractivity contribution is -0.127. The molecule has 2 aromatic heterocycles. The predicted molar refractivity (Wildman–Crippen MR) is 136 cm³/mol. The van der Waals surface area contributed by atoms with E-state index in [4.69, 9.17) is 8.83 Å². The van der Waals surface area contributed by atoms with Crippen LogP contribution in [0.25, 0.3) is 0 Å². The van der Waals surface area contributed by atoms with Gasteiger partial charge in [-0.25, -0.2) is 0 Å². The summed E-state index contributed by atoms with van der Waals surface area (Å²) in [5, 5.41) is 5.77. The quantitative estimate of drug-likeness (QED) is 0.473. The molecule has 3 aromatic rings. The Morgan fingerprint density at radius 3 is 2.44 bits per heavy atom. The molecule has 0 aliphatic heterocycles. The zero-order valence-corrected chi connectivity index (χ0v) is 21.0. The number of furan rings is 2. The normalized spacial score (nSPS) is 14.8. The van der Waals surface area contributed by atoms with Crippen molar-refractivity contribution < 1.29 is 23.2 Å². The van der Waals surface area contributed by atoms with E-state index in [0.29, 0.717) is 17.2 Å². The number of anilines is 1. The lowest BCUT2D eigenvalue weighted by Gasteiger charge is -2.33. The van der Waals surface area contributed by atoms with Crippen LogP contribution in [0.1, 0.15) is 71.3 Å². The third-order valence-electron chi connectivity index (χ3n) is 6.51. The number of aryl methyl sites for hydroxylation is 3. The van der Waals surface area contributed by atoms with Gasteiger partial charge < -0.3 is 19.5 Å². The molecular formula is C28H33N3O5. The summed E-state index contributed by atoms with van der Waals surface area (Å²) < 4.78 is 11.0. The lowest BCUT2D eigenvalue weighted by Crippen LogP contribution is -2.49. The van der Waals surface area contributed by atoms with Gasteiger partial charge in [-0.2, -0.15) is 0 Å². The molecule has 190 valence electrons. The predicted octanol–water partition coefficient (Wildman–Crippen LogP) is 4.75. The van der Waals surface area contributed by atoms with Gasteiger partial charge in [0.1, 0.15) is 11.5 Å². The second-order valence-corrected chi connectivity index (χ2v) is 9.41. The van der Waals surface area contributed by atoms with E-state index < -0.39 is 17.9 Å². The molecule has 0 unspecified atom stereocenters. The number of benzene rings is 1. The van der Waals surface area contributed by atoms with Gasteiger partial charge in [0.15, 0.2) is 11.8 Å². The van der Waals surface area contributed by atoms with Gasteiger partial charge in [0.2, 0.25) is 5.91 Å². The minimum atomic E-state index is -1.03. The Kier molecular flexibility index (Phi) is 7.93. The summed E-state index contributed by atoms with van der Waals surface area (Å²) in [4.78, 5) is 41.4. The molecule has 0 bridgehead atoms. The van der Waals surface area contributed by atoms with E-state index in [1.54, 1.807) is 25.1 Å². The van der Waals surface area contributed by atoms with E-state index >= 15 is 0 Å². The molecule has 1 aliphatic rings. The molecular weight excluding hydrogens is 458 g/mol. The second-order valence-electron chi connectivity index (χ2n) is 9.41. The van der Waals surface area contributed by atoms with E-state index in [1.165, 1.54) is 17.2 Å². The summed E-state index contributed by atoms with van der Waals surface area (Å²) in [5.41, 5.74) is 2.45. The molecule has 8 heteroatoms. The van der Waals surface area contributed by atoms with Gasteiger partial charge in [-0.15, -0.1) is 0 Å². The Hall–Kier alpha value is -3.81. The molecule has 1 aliphatic carbocycles. The van der Waals surface area contributed by atoms with Gasteiger partial charge in [0, 0.05) is 11.7 Å². The van der Waals surface area contributed by atoms with Crippen LogP contribution < -0.4 is 15.5 Å². The molecule has 1 fully saturated rings. The molecule has 2 N–H and O–H groups in total. The minimum absolute atomic E-state index is 0.0551. The van der Waals surface area contributed by atoms with Gasteiger partial charge in [-0.1, -0.05) is 37.0 Å². The second kappa shape index (κ2) is 11.3. The van der Waals surface area contributed by atoms with Gasteiger partial charge in [-0.05, 0) is 69.5 Å². The highest BCUT2D eigenvalue weighted by Crippen LogP contribution is 2.32. The average molecular weight is 492 g/mol. The number of hydrogen-bond donors (Lipinski definition) is 2. The zero-order chi connectivity index (χ0) is 25.7. The minimum Gasteiger partial charge on any atom is -0.464 e.